The third-order valence-electron chi connectivity index (χ3n) is 4.47. The molecule has 0 fully saturated rings. The second-order valence-electron chi connectivity index (χ2n) is 6.69. The summed E-state index contributed by atoms with van der Waals surface area (Å²) < 4.78 is 11.6. The number of rotatable bonds is 5. The molecule has 1 aromatic carbocycles. The third kappa shape index (κ3) is 5.12. The second kappa shape index (κ2) is 9.05. The first-order chi connectivity index (χ1) is 13.9. The van der Waals surface area contributed by atoms with Crippen molar-refractivity contribution < 1.29 is 14.3 Å². The molecule has 0 saturated carbocycles. The molecule has 6 nitrogen and oxygen atoms in total. The van der Waals surface area contributed by atoms with Gasteiger partial charge in [-0.1, -0.05) is 6.07 Å². The lowest BCUT2D eigenvalue weighted by molar-refractivity contribution is 0.200. The second-order valence-corrected chi connectivity index (χ2v) is 7.50. The van der Waals surface area contributed by atoms with Gasteiger partial charge in [-0.2, -0.15) is 0 Å². The van der Waals surface area contributed by atoms with E-state index in [0.29, 0.717) is 5.75 Å². The van der Waals surface area contributed by atoms with Gasteiger partial charge in [0.1, 0.15) is 16.1 Å². The maximum absolute atomic E-state index is 12.3. The number of nitrogens with zero attached hydrogens (tertiary/aromatic N) is 2. The Morgan fingerprint density at radius 1 is 1.10 bits per heavy atom. The molecule has 0 aliphatic rings. The molecule has 0 aliphatic carbocycles. The summed E-state index contributed by atoms with van der Waals surface area (Å²) in [6, 6.07) is 9.49. The molecule has 7 heteroatoms. The average Bonchev–Trinajstić information content (AvgIpc) is 2.67. The number of benzene rings is 1. The van der Waals surface area contributed by atoms with Crippen LogP contribution >= 0.6 is 15.9 Å². The summed E-state index contributed by atoms with van der Waals surface area (Å²) in [5, 5.41) is 2.75. The van der Waals surface area contributed by atoms with Crippen LogP contribution in [0.4, 0.5) is 4.79 Å². The molecule has 0 bridgehead atoms. The molecule has 0 saturated heterocycles. The van der Waals surface area contributed by atoms with Gasteiger partial charge in [-0.05, 0) is 77.7 Å². The normalized spacial score (nSPS) is 10.5. The van der Waals surface area contributed by atoms with Crippen molar-refractivity contribution in [1.29, 1.82) is 0 Å². The molecule has 29 heavy (non-hydrogen) atoms. The largest absolute Gasteiger partial charge is 0.496 e. The maximum atomic E-state index is 12.3. The van der Waals surface area contributed by atoms with E-state index in [0.717, 1.165) is 43.9 Å². The minimum Gasteiger partial charge on any atom is -0.496 e. The minimum absolute atomic E-state index is 0.247. The number of amides is 1. The first kappa shape index (κ1) is 20.8. The van der Waals surface area contributed by atoms with Crippen LogP contribution in [0.5, 0.6) is 11.5 Å². The van der Waals surface area contributed by atoms with E-state index in [4.69, 9.17) is 9.47 Å². The Hall–Kier alpha value is -2.93. The number of nitrogens with one attached hydrogen (secondary N) is 1. The number of carbonyl (C=O) groups is 1. The quantitative estimate of drug-likeness (QED) is 0.539. The van der Waals surface area contributed by atoms with Gasteiger partial charge in [0.05, 0.1) is 19.3 Å². The van der Waals surface area contributed by atoms with Crippen LogP contribution in [0.2, 0.25) is 0 Å². The zero-order chi connectivity index (χ0) is 21.0. The molecule has 3 aromatic rings. The van der Waals surface area contributed by atoms with Gasteiger partial charge in [0.15, 0.2) is 0 Å². The average molecular weight is 456 g/mol. The number of aryl methyl sites for hydroxylation is 2. The van der Waals surface area contributed by atoms with Crippen molar-refractivity contribution in [3.63, 3.8) is 0 Å². The fourth-order valence-electron chi connectivity index (χ4n) is 3.10. The van der Waals surface area contributed by atoms with Crippen LogP contribution in [-0.4, -0.2) is 23.2 Å². The Balaban J connectivity index is 1.71. The lowest BCUT2D eigenvalue weighted by atomic mass is 10.0. The summed E-state index contributed by atoms with van der Waals surface area (Å²) in [6.45, 7) is 6.05. The lowest BCUT2D eigenvalue weighted by Gasteiger charge is -2.13. The van der Waals surface area contributed by atoms with Crippen LogP contribution in [0.15, 0.2) is 47.3 Å². The van der Waals surface area contributed by atoms with Crippen molar-refractivity contribution >= 4 is 22.0 Å². The summed E-state index contributed by atoms with van der Waals surface area (Å²) in [5.41, 5.74) is 5.49. The lowest BCUT2D eigenvalue weighted by Crippen LogP contribution is -2.27. The molecule has 0 aliphatic heterocycles. The zero-order valence-electron chi connectivity index (χ0n) is 16.7. The fourth-order valence-corrected chi connectivity index (χ4v) is 3.47. The zero-order valence-corrected chi connectivity index (χ0v) is 18.3. The molecule has 0 radical (unpaired) electrons. The smallest absolute Gasteiger partial charge is 0.412 e. The topological polar surface area (TPSA) is 73.3 Å². The summed E-state index contributed by atoms with van der Waals surface area (Å²) in [7, 11) is 1.62. The SMILES string of the molecule is COc1c(C)cnc(CNC(=O)Oc2cc(C)cc(-c3ccnc(Br)c3)c2)c1C. The molecular formula is C22H22BrN3O3. The van der Waals surface area contributed by atoms with Gasteiger partial charge in [0.2, 0.25) is 0 Å². The first-order valence-electron chi connectivity index (χ1n) is 9.05. The predicted octanol–water partition coefficient (Wildman–Crippen LogP) is 5.13. The molecule has 2 aromatic heterocycles. The van der Waals surface area contributed by atoms with Gasteiger partial charge in [-0.3, -0.25) is 4.98 Å². The Kier molecular flexibility index (Phi) is 6.49. The molecule has 1 amide bonds. The number of methoxy groups -OCH3 is 1. The standard InChI is InChI=1S/C22H22BrN3O3/c1-13-7-17(16-5-6-24-20(23)10-16)9-18(8-13)29-22(27)26-12-19-15(3)21(28-4)14(2)11-25-19/h5-11H,12H2,1-4H3,(H,26,27). The van der Waals surface area contributed by atoms with Gasteiger partial charge in [-0.25, -0.2) is 9.78 Å². The Bertz CT molecular complexity index is 1050. The van der Waals surface area contributed by atoms with Crippen LogP contribution in [0.3, 0.4) is 0 Å². The van der Waals surface area contributed by atoms with Crippen LogP contribution < -0.4 is 14.8 Å². The summed E-state index contributed by atoms with van der Waals surface area (Å²) in [6.07, 6.45) is 2.91. The van der Waals surface area contributed by atoms with Crippen molar-refractivity contribution in [1.82, 2.24) is 15.3 Å². The monoisotopic (exact) mass is 455 g/mol. The van der Waals surface area contributed by atoms with Crippen LogP contribution in [0, 0.1) is 20.8 Å². The van der Waals surface area contributed by atoms with E-state index in [-0.39, 0.29) is 6.54 Å². The van der Waals surface area contributed by atoms with E-state index in [9.17, 15) is 4.79 Å². The van der Waals surface area contributed by atoms with Crippen molar-refractivity contribution in [3.05, 3.63) is 69.7 Å². The van der Waals surface area contributed by atoms with E-state index in [1.807, 2.05) is 51.1 Å². The van der Waals surface area contributed by atoms with Gasteiger partial charge in [0, 0.05) is 23.5 Å². The van der Waals surface area contributed by atoms with Crippen molar-refractivity contribution in [2.75, 3.05) is 7.11 Å². The summed E-state index contributed by atoms with van der Waals surface area (Å²) in [4.78, 5) is 20.8. The molecule has 0 unspecified atom stereocenters. The third-order valence-corrected chi connectivity index (χ3v) is 4.90. The Morgan fingerprint density at radius 2 is 1.90 bits per heavy atom. The molecule has 150 valence electrons. The highest BCUT2D eigenvalue weighted by Gasteiger charge is 2.12. The number of aromatic nitrogens is 2. The van der Waals surface area contributed by atoms with E-state index < -0.39 is 6.09 Å². The van der Waals surface area contributed by atoms with E-state index >= 15 is 0 Å². The molecule has 3 rings (SSSR count). The predicted molar refractivity (Wildman–Crippen MR) is 115 cm³/mol. The Morgan fingerprint density at radius 3 is 2.62 bits per heavy atom. The summed E-state index contributed by atoms with van der Waals surface area (Å²) in [5.74, 6) is 1.24. The Labute approximate surface area is 178 Å². The number of hydrogen-bond acceptors (Lipinski definition) is 5. The number of halogens is 1. The molecule has 1 N–H and O–H groups in total. The number of ether oxygens (including phenoxy) is 2. The number of hydrogen-bond donors (Lipinski definition) is 1. The highest BCUT2D eigenvalue weighted by atomic mass is 79.9. The van der Waals surface area contributed by atoms with E-state index in [1.165, 1.54) is 0 Å². The maximum Gasteiger partial charge on any atom is 0.412 e. The van der Waals surface area contributed by atoms with Crippen molar-refractivity contribution in [3.8, 4) is 22.6 Å². The highest BCUT2D eigenvalue weighted by Crippen LogP contribution is 2.27. The van der Waals surface area contributed by atoms with Gasteiger partial charge in [0.25, 0.3) is 0 Å². The van der Waals surface area contributed by atoms with Crippen LogP contribution in [-0.2, 0) is 6.54 Å². The number of carbonyl (C=O) groups excluding carboxylic acids is 1. The van der Waals surface area contributed by atoms with Gasteiger partial charge >= 0.3 is 6.09 Å². The number of pyridine rings is 2. The highest BCUT2D eigenvalue weighted by molar-refractivity contribution is 9.10. The molecule has 0 spiro atoms. The molecular weight excluding hydrogens is 434 g/mol. The van der Waals surface area contributed by atoms with Crippen molar-refractivity contribution in [2.45, 2.75) is 27.3 Å². The molecule has 2 heterocycles. The van der Waals surface area contributed by atoms with Crippen LogP contribution in [0.1, 0.15) is 22.4 Å². The van der Waals surface area contributed by atoms with E-state index in [2.05, 4.69) is 31.2 Å². The van der Waals surface area contributed by atoms with Crippen LogP contribution in [0.25, 0.3) is 11.1 Å². The fraction of sp³-hybridized carbons (Fsp3) is 0.227. The van der Waals surface area contributed by atoms with Gasteiger partial charge < -0.3 is 14.8 Å². The van der Waals surface area contributed by atoms with Gasteiger partial charge in [-0.15, -0.1) is 0 Å². The minimum atomic E-state index is -0.543. The van der Waals surface area contributed by atoms with E-state index in [1.54, 1.807) is 19.5 Å². The first-order valence-corrected chi connectivity index (χ1v) is 9.85. The molecule has 0 atom stereocenters. The van der Waals surface area contributed by atoms with Crippen molar-refractivity contribution in [2.24, 2.45) is 0 Å². The summed E-state index contributed by atoms with van der Waals surface area (Å²) >= 11 is 3.38.